The molecule has 0 atom stereocenters. The number of aliphatic carboxylic acids is 2. The Bertz CT molecular complexity index is 299. The van der Waals surface area contributed by atoms with Crippen molar-refractivity contribution < 1.29 is 19.8 Å². The molecule has 0 fully saturated rings. The molecule has 0 aromatic carbocycles. The summed E-state index contributed by atoms with van der Waals surface area (Å²) in [6.45, 7) is 0. The second kappa shape index (κ2) is 3.89. The lowest BCUT2D eigenvalue weighted by Gasteiger charge is -2.00. The van der Waals surface area contributed by atoms with Crippen LogP contribution in [0.1, 0.15) is 19.3 Å². The molecule has 1 rings (SSSR count). The molecule has 4 heteroatoms. The van der Waals surface area contributed by atoms with Gasteiger partial charge in [0.25, 0.3) is 0 Å². The van der Waals surface area contributed by atoms with Gasteiger partial charge in [0.15, 0.2) is 0 Å². The first kappa shape index (κ1) is 9.51. The first-order valence-electron chi connectivity index (χ1n) is 3.98. The number of carboxylic acid groups (broad SMARTS) is 2. The summed E-state index contributed by atoms with van der Waals surface area (Å²) >= 11 is 0. The first-order valence-corrected chi connectivity index (χ1v) is 3.98. The van der Waals surface area contributed by atoms with Gasteiger partial charge in [0.2, 0.25) is 0 Å². The molecular weight excluding hydrogens is 172 g/mol. The predicted octanol–water partition coefficient (Wildman–Crippen LogP) is 1.19. The molecule has 0 spiro atoms. The van der Waals surface area contributed by atoms with Gasteiger partial charge in [-0.25, -0.2) is 9.59 Å². The smallest absolute Gasteiger partial charge is 0.336 e. The lowest BCUT2D eigenvalue weighted by Crippen LogP contribution is -2.05. The van der Waals surface area contributed by atoms with E-state index in [0.29, 0.717) is 12.0 Å². The maximum Gasteiger partial charge on any atom is 0.336 e. The van der Waals surface area contributed by atoms with Crippen LogP contribution in [-0.4, -0.2) is 22.2 Å². The Morgan fingerprint density at radius 3 is 2.46 bits per heavy atom. The fourth-order valence-electron chi connectivity index (χ4n) is 1.33. The van der Waals surface area contributed by atoms with E-state index < -0.39 is 11.9 Å². The van der Waals surface area contributed by atoms with Crippen LogP contribution >= 0.6 is 0 Å². The fourth-order valence-corrected chi connectivity index (χ4v) is 1.33. The summed E-state index contributed by atoms with van der Waals surface area (Å²) in [5.74, 6) is -2.39. The van der Waals surface area contributed by atoms with Crippen molar-refractivity contribution in [2.45, 2.75) is 19.3 Å². The van der Waals surface area contributed by atoms with Crippen molar-refractivity contribution >= 4 is 11.9 Å². The summed E-state index contributed by atoms with van der Waals surface area (Å²) in [5, 5.41) is 17.1. The normalized spacial score (nSPS) is 16.9. The van der Waals surface area contributed by atoms with Gasteiger partial charge in [0.05, 0.1) is 5.57 Å². The Labute approximate surface area is 75.2 Å². The molecular formula is C9H10O4. The van der Waals surface area contributed by atoms with Gasteiger partial charge in [-0.15, -0.1) is 0 Å². The molecule has 0 heterocycles. The molecule has 2 N–H and O–H groups in total. The van der Waals surface area contributed by atoms with Crippen LogP contribution in [0.4, 0.5) is 0 Å². The first-order chi connectivity index (χ1) is 6.11. The maximum absolute atomic E-state index is 10.6. The molecule has 4 nitrogen and oxygen atoms in total. The van der Waals surface area contributed by atoms with Crippen LogP contribution < -0.4 is 0 Å². The molecule has 1 aliphatic rings. The van der Waals surface area contributed by atoms with Gasteiger partial charge in [-0.05, 0) is 24.8 Å². The molecule has 0 saturated carbocycles. The molecule has 0 aliphatic heterocycles. The summed E-state index contributed by atoms with van der Waals surface area (Å²) in [4.78, 5) is 21.0. The third-order valence-corrected chi connectivity index (χ3v) is 1.89. The predicted molar refractivity (Wildman–Crippen MR) is 45.3 cm³/mol. The van der Waals surface area contributed by atoms with Gasteiger partial charge < -0.3 is 10.2 Å². The van der Waals surface area contributed by atoms with Crippen LogP contribution in [0.5, 0.6) is 0 Å². The largest absolute Gasteiger partial charge is 0.478 e. The van der Waals surface area contributed by atoms with Crippen LogP contribution in [0.15, 0.2) is 23.3 Å². The number of hydrogen-bond acceptors (Lipinski definition) is 2. The van der Waals surface area contributed by atoms with Gasteiger partial charge in [-0.3, -0.25) is 0 Å². The van der Waals surface area contributed by atoms with Crippen molar-refractivity contribution in [2.24, 2.45) is 0 Å². The fraction of sp³-hybridized carbons (Fsp3) is 0.333. The topological polar surface area (TPSA) is 74.6 Å². The van der Waals surface area contributed by atoms with E-state index >= 15 is 0 Å². The lowest BCUT2D eigenvalue weighted by atomic mass is 10.1. The van der Waals surface area contributed by atoms with Crippen molar-refractivity contribution in [3.63, 3.8) is 0 Å². The Morgan fingerprint density at radius 2 is 2.08 bits per heavy atom. The van der Waals surface area contributed by atoms with E-state index in [1.54, 1.807) is 6.08 Å². The molecule has 0 bridgehead atoms. The van der Waals surface area contributed by atoms with Crippen LogP contribution in [-0.2, 0) is 9.59 Å². The zero-order valence-corrected chi connectivity index (χ0v) is 6.99. The van der Waals surface area contributed by atoms with E-state index in [9.17, 15) is 9.59 Å². The van der Waals surface area contributed by atoms with Crippen molar-refractivity contribution in [3.05, 3.63) is 23.3 Å². The molecule has 13 heavy (non-hydrogen) atoms. The second-order valence-corrected chi connectivity index (χ2v) is 2.82. The average molecular weight is 182 g/mol. The van der Waals surface area contributed by atoms with Crippen LogP contribution in [0.2, 0.25) is 0 Å². The lowest BCUT2D eigenvalue weighted by molar-refractivity contribution is -0.134. The summed E-state index contributed by atoms with van der Waals surface area (Å²) in [6.07, 6.45) is 4.92. The molecule has 0 aromatic heterocycles. The van der Waals surface area contributed by atoms with Gasteiger partial charge in [-0.1, -0.05) is 6.08 Å². The number of rotatable bonds is 3. The number of allylic oxidation sites excluding steroid dienone is 1. The Morgan fingerprint density at radius 1 is 1.38 bits per heavy atom. The number of carbonyl (C=O) groups is 2. The quantitative estimate of drug-likeness (QED) is 0.643. The molecule has 0 radical (unpaired) electrons. The minimum atomic E-state index is -1.22. The van der Waals surface area contributed by atoms with Crippen LogP contribution in [0, 0.1) is 0 Å². The molecule has 0 unspecified atom stereocenters. The number of carboxylic acids is 2. The van der Waals surface area contributed by atoms with Gasteiger partial charge in [-0.2, -0.15) is 0 Å². The molecule has 0 amide bonds. The summed E-state index contributed by atoms with van der Waals surface area (Å²) in [5.41, 5.74) is 0.542. The Kier molecular flexibility index (Phi) is 2.84. The summed E-state index contributed by atoms with van der Waals surface area (Å²) < 4.78 is 0. The maximum atomic E-state index is 10.6. The van der Waals surface area contributed by atoms with Gasteiger partial charge >= 0.3 is 11.9 Å². The monoisotopic (exact) mass is 182 g/mol. The zero-order valence-electron chi connectivity index (χ0n) is 6.99. The third-order valence-electron chi connectivity index (χ3n) is 1.89. The Balaban J connectivity index is 2.91. The SMILES string of the molecule is O=C(O)/C=C(\C(=O)O)C1=CCCC1. The minimum absolute atomic E-state index is 0.0926. The van der Waals surface area contributed by atoms with E-state index in [4.69, 9.17) is 10.2 Å². The van der Waals surface area contributed by atoms with Crippen molar-refractivity contribution in [1.82, 2.24) is 0 Å². The molecule has 1 aliphatic carbocycles. The number of hydrogen-bond donors (Lipinski definition) is 2. The van der Waals surface area contributed by atoms with Crippen LogP contribution in [0.25, 0.3) is 0 Å². The molecule has 0 saturated heterocycles. The minimum Gasteiger partial charge on any atom is -0.478 e. The van der Waals surface area contributed by atoms with E-state index in [2.05, 4.69) is 0 Å². The summed E-state index contributed by atoms with van der Waals surface area (Å²) in [7, 11) is 0. The standard InChI is InChI=1S/C9H10O4/c10-8(11)5-7(9(12)13)6-3-1-2-4-6/h3,5H,1-2,4H2,(H,10,11)(H,12,13)/b7-5-. The van der Waals surface area contributed by atoms with E-state index in [1.165, 1.54) is 0 Å². The van der Waals surface area contributed by atoms with Crippen molar-refractivity contribution in [2.75, 3.05) is 0 Å². The van der Waals surface area contributed by atoms with Crippen LogP contribution in [0.3, 0.4) is 0 Å². The summed E-state index contributed by atoms with van der Waals surface area (Å²) in [6, 6.07) is 0. The molecule has 0 aromatic rings. The highest BCUT2D eigenvalue weighted by Gasteiger charge is 2.17. The van der Waals surface area contributed by atoms with E-state index in [0.717, 1.165) is 18.9 Å². The highest BCUT2D eigenvalue weighted by molar-refractivity contribution is 5.98. The van der Waals surface area contributed by atoms with Gasteiger partial charge in [0, 0.05) is 6.08 Å². The van der Waals surface area contributed by atoms with Gasteiger partial charge in [0.1, 0.15) is 0 Å². The highest BCUT2D eigenvalue weighted by atomic mass is 16.4. The van der Waals surface area contributed by atoms with E-state index in [1.807, 2.05) is 0 Å². The van der Waals surface area contributed by atoms with Crippen molar-refractivity contribution in [3.8, 4) is 0 Å². The highest BCUT2D eigenvalue weighted by Crippen LogP contribution is 2.24. The van der Waals surface area contributed by atoms with E-state index in [-0.39, 0.29) is 5.57 Å². The molecule has 70 valence electrons. The zero-order chi connectivity index (χ0) is 9.84. The Hall–Kier alpha value is -1.58. The second-order valence-electron chi connectivity index (χ2n) is 2.82. The third kappa shape index (κ3) is 2.43. The van der Waals surface area contributed by atoms with Crippen molar-refractivity contribution in [1.29, 1.82) is 0 Å². The average Bonchev–Trinajstić information content (AvgIpc) is 2.50.